The summed E-state index contributed by atoms with van der Waals surface area (Å²) in [5.74, 6) is -3.43. The molecule has 0 radical (unpaired) electrons. The lowest BCUT2D eigenvalue weighted by Crippen LogP contribution is -2.41. The lowest BCUT2D eigenvalue weighted by Gasteiger charge is -2.30. The van der Waals surface area contributed by atoms with Crippen LogP contribution in [0.4, 0.5) is 14.6 Å². The van der Waals surface area contributed by atoms with Crippen LogP contribution in [0.3, 0.4) is 0 Å². The van der Waals surface area contributed by atoms with E-state index in [4.69, 9.17) is 5.73 Å². The number of nitrogens with two attached hydrogens (primary N) is 1. The molecule has 3 nitrogen and oxygen atoms in total. The maximum Gasteiger partial charge on any atom is 0.317 e. The highest BCUT2D eigenvalue weighted by molar-refractivity contribution is 5.39. The first-order chi connectivity index (χ1) is 7.85. The summed E-state index contributed by atoms with van der Waals surface area (Å²) in [7, 11) is 0. The van der Waals surface area contributed by atoms with Gasteiger partial charge in [-0.2, -0.15) is 8.78 Å². The van der Waals surface area contributed by atoms with E-state index in [0.717, 1.165) is 13.8 Å². The second-order valence-corrected chi connectivity index (χ2v) is 6.05. The molecule has 102 valence electrons. The number of aliphatic hydroxyl groups is 1. The van der Waals surface area contributed by atoms with E-state index >= 15 is 0 Å². The van der Waals surface area contributed by atoms with Gasteiger partial charge in [0.2, 0.25) is 0 Å². The average molecular weight is 258 g/mol. The third-order valence-electron chi connectivity index (χ3n) is 2.80. The van der Waals surface area contributed by atoms with Gasteiger partial charge in [0.15, 0.2) is 0 Å². The molecule has 0 saturated carbocycles. The Balaban J connectivity index is 3.40. The molecule has 1 aromatic heterocycles. The van der Waals surface area contributed by atoms with Crippen LogP contribution >= 0.6 is 0 Å². The van der Waals surface area contributed by atoms with Crippen molar-refractivity contribution in [2.24, 2.45) is 0 Å². The monoisotopic (exact) mass is 258 g/mol. The van der Waals surface area contributed by atoms with Crippen molar-refractivity contribution in [1.82, 2.24) is 4.98 Å². The summed E-state index contributed by atoms with van der Waals surface area (Å²) in [6, 6.07) is 2.87. The van der Waals surface area contributed by atoms with Crippen molar-refractivity contribution in [2.45, 2.75) is 51.6 Å². The van der Waals surface area contributed by atoms with Gasteiger partial charge in [-0.3, -0.25) is 0 Å². The molecule has 0 aliphatic rings. The summed E-state index contributed by atoms with van der Waals surface area (Å²) >= 11 is 0. The van der Waals surface area contributed by atoms with Crippen LogP contribution in [-0.2, 0) is 11.3 Å². The summed E-state index contributed by atoms with van der Waals surface area (Å²) in [4.78, 5) is 3.65. The summed E-state index contributed by atoms with van der Waals surface area (Å²) in [6.45, 7) is 7.79. The minimum atomic E-state index is -3.46. The molecular weight excluding hydrogens is 238 g/mol. The van der Waals surface area contributed by atoms with Crippen molar-refractivity contribution in [2.75, 3.05) is 5.73 Å². The number of anilines is 1. The van der Waals surface area contributed by atoms with Gasteiger partial charge in [-0.1, -0.05) is 20.8 Å². The molecule has 1 heterocycles. The van der Waals surface area contributed by atoms with Gasteiger partial charge < -0.3 is 10.8 Å². The smallest absolute Gasteiger partial charge is 0.317 e. The Bertz CT molecular complexity index is 445. The fourth-order valence-corrected chi connectivity index (χ4v) is 1.46. The van der Waals surface area contributed by atoms with Crippen LogP contribution in [0.15, 0.2) is 12.1 Å². The lowest BCUT2D eigenvalue weighted by molar-refractivity contribution is -0.171. The maximum absolute atomic E-state index is 14.0. The van der Waals surface area contributed by atoms with Crippen LogP contribution < -0.4 is 5.73 Å². The van der Waals surface area contributed by atoms with E-state index in [1.165, 1.54) is 6.07 Å². The Morgan fingerprint density at radius 2 is 1.61 bits per heavy atom. The first-order valence-electron chi connectivity index (χ1n) is 5.74. The van der Waals surface area contributed by atoms with Gasteiger partial charge in [-0.25, -0.2) is 4.98 Å². The highest BCUT2D eigenvalue weighted by atomic mass is 19.3. The van der Waals surface area contributed by atoms with E-state index in [2.05, 4.69) is 4.98 Å². The summed E-state index contributed by atoms with van der Waals surface area (Å²) < 4.78 is 28.1. The largest absolute Gasteiger partial charge is 0.384 e. The Kier molecular flexibility index (Phi) is 3.42. The number of pyridine rings is 1. The summed E-state index contributed by atoms with van der Waals surface area (Å²) in [6.07, 6.45) is 0. The predicted molar refractivity (Wildman–Crippen MR) is 67.5 cm³/mol. The highest BCUT2D eigenvalue weighted by Gasteiger charge is 2.48. The Labute approximate surface area is 106 Å². The van der Waals surface area contributed by atoms with E-state index in [9.17, 15) is 13.9 Å². The van der Waals surface area contributed by atoms with Gasteiger partial charge in [-0.05, 0) is 37.0 Å². The van der Waals surface area contributed by atoms with Gasteiger partial charge in [0.05, 0.1) is 0 Å². The molecule has 1 rings (SSSR count). The average Bonchev–Trinajstić information content (AvgIpc) is 2.13. The van der Waals surface area contributed by atoms with E-state index in [0.29, 0.717) is 5.56 Å². The molecule has 0 amide bonds. The van der Waals surface area contributed by atoms with Gasteiger partial charge in [-0.15, -0.1) is 0 Å². The van der Waals surface area contributed by atoms with Gasteiger partial charge in [0.25, 0.3) is 0 Å². The van der Waals surface area contributed by atoms with Crippen LogP contribution in [0.1, 0.15) is 45.9 Å². The SMILES string of the molecule is CC(C)(C)c1cc(N)nc(C(F)(F)C(C)(C)O)c1. The molecule has 0 aromatic carbocycles. The van der Waals surface area contributed by atoms with Crippen LogP contribution in [0.2, 0.25) is 0 Å². The van der Waals surface area contributed by atoms with E-state index in [1.807, 2.05) is 20.8 Å². The highest BCUT2D eigenvalue weighted by Crippen LogP contribution is 2.39. The first kappa shape index (κ1) is 14.8. The third-order valence-corrected chi connectivity index (χ3v) is 2.80. The van der Waals surface area contributed by atoms with Gasteiger partial charge >= 0.3 is 5.92 Å². The van der Waals surface area contributed by atoms with Gasteiger partial charge in [0, 0.05) is 0 Å². The number of hydrogen-bond donors (Lipinski definition) is 2. The van der Waals surface area contributed by atoms with E-state index in [-0.39, 0.29) is 11.2 Å². The van der Waals surface area contributed by atoms with Crippen molar-refractivity contribution in [3.8, 4) is 0 Å². The summed E-state index contributed by atoms with van der Waals surface area (Å²) in [5, 5.41) is 9.55. The first-order valence-corrected chi connectivity index (χ1v) is 5.74. The van der Waals surface area contributed by atoms with E-state index < -0.39 is 17.2 Å². The third kappa shape index (κ3) is 2.77. The van der Waals surface area contributed by atoms with Crippen LogP contribution in [0.5, 0.6) is 0 Å². The van der Waals surface area contributed by atoms with Crippen LogP contribution in [0, 0.1) is 0 Å². The van der Waals surface area contributed by atoms with Gasteiger partial charge in [0.1, 0.15) is 17.1 Å². The molecule has 0 spiro atoms. The molecule has 0 unspecified atom stereocenters. The second kappa shape index (κ2) is 4.16. The normalized spacial score (nSPS) is 13.8. The standard InChI is InChI=1S/C13H20F2N2O/c1-11(2,3)8-6-9(17-10(16)7-8)13(14,15)12(4,5)18/h6-7,18H,1-5H3,(H2,16,17). The molecule has 0 aliphatic heterocycles. The fraction of sp³-hybridized carbons (Fsp3) is 0.615. The minimum absolute atomic E-state index is 0.0290. The molecule has 0 atom stereocenters. The number of nitrogen functional groups attached to an aromatic ring is 1. The van der Waals surface area contributed by atoms with Crippen molar-refractivity contribution in [3.05, 3.63) is 23.4 Å². The molecule has 0 bridgehead atoms. The van der Waals surface area contributed by atoms with E-state index in [1.54, 1.807) is 6.07 Å². The molecule has 0 aliphatic carbocycles. The quantitative estimate of drug-likeness (QED) is 0.857. The Hall–Kier alpha value is -1.23. The number of nitrogens with zero attached hydrogens (tertiary/aromatic N) is 1. The van der Waals surface area contributed by atoms with Crippen molar-refractivity contribution in [1.29, 1.82) is 0 Å². The number of alkyl halides is 2. The van der Waals surface area contributed by atoms with Crippen LogP contribution in [-0.4, -0.2) is 15.7 Å². The van der Waals surface area contributed by atoms with Crippen molar-refractivity contribution in [3.63, 3.8) is 0 Å². The topological polar surface area (TPSA) is 59.1 Å². The Morgan fingerprint density at radius 1 is 1.11 bits per heavy atom. The second-order valence-electron chi connectivity index (χ2n) is 6.05. The molecule has 0 fully saturated rings. The zero-order chi connectivity index (χ0) is 14.4. The maximum atomic E-state index is 14.0. The molecule has 3 N–H and O–H groups in total. The zero-order valence-electron chi connectivity index (χ0n) is 11.4. The predicted octanol–water partition coefficient (Wildman–Crippen LogP) is 2.82. The molecular formula is C13H20F2N2O. The number of aromatic nitrogens is 1. The molecule has 18 heavy (non-hydrogen) atoms. The summed E-state index contributed by atoms with van der Waals surface area (Å²) in [5.41, 5.74) is 3.22. The lowest BCUT2D eigenvalue weighted by atomic mass is 9.85. The number of hydrogen-bond acceptors (Lipinski definition) is 3. The van der Waals surface area contributed by atoms with Crippen molar-refractivity contribution >= 4 is 5.82 Å². The molecule has 0 saturated heterocycles. The molecule has 1 aromatic rings. The van der Waals surface area contributed by atoms with Crippen LogP contribution in [0.25, 0.3) is 0 Å². The fourth-order valence-electron chi connectivity index (χ4n) is 1.46. The molecule has 5 heteroatoms. The zero-order valence-corrected chi connectivity index (χ0v) is 11.4. The van der Waals surface area contributed by atoms with Crippen molar-refractivity contribution < 1.29 is 13.9 Å². The number of rotatable bonds is 2. The number of halogens is 2. The Morgan fingerprint density at radius 3 is 2.00 bits per heavy atom. The minimum Gasteiger partial charge on any atom is -0.384 e.